The van der Waals surface area contributed by atoms with Gasteiger partial charge in [0.15, 0.2) is 0 Å². The van der Waals surface area contributed by atoms with Gasteiger partial charge in [-0.15, -0.1) is 0 Å². The molecule has 0 aliphatic carbocycles. The molecule has 2 bridgehead atoms. The summed E-state index contributed by atoms with van der Waals surface area (Å²) in [6.07, 6.45) is 2.89. The van der Waals surface area contributed by atoms with Gasteiger partial charge in [-0.25, -0.2) is 0 Å². The Labute approximate surface area is 97.6 Å². The van der Waals surface area contributed by atoms with Gasteiger partial charge in [0.2, 0.25) is 0 Å². The van der Waals surface area contributed by atoms with Gasteiger partial charge in [0.25, 0.3) is 0 Å². The van der Waals surface area contributed by atoms with Gasteiger partial charge in [0, 0.05) is 19.0 Å². The zero-order valence-corrected chi connectivity index (χ0v) is 10.1. The summed E-state index contributed by atoms with van der Waals surface area (Å²) in [6.45, 7) is 3.56. The zero-order valence-electron chi connectivity index (χ0n) is 10.1. The molecule has 3 aliphatic heterocycles. The van der Waals surface area contributed by atoms with Gasteiger partial charge in [-0.3, -0.25) is 10.2 Å². The molecule has 1 fully saturated rings. The van der Waals surface area contributed by atoms with Crippen molar-refractivity contribution < 1.29 is 0 Å². The highest BCUT2D eigenvalue weighted by atomic mass is 15.3. The Morgan fingerprint density at radius 2 is 1.88 bits per heavy atom. The van der Waals surface area contributed by atoms with Crippen molar-refractivity contribution in [1.82, 2.24) is 10.2 Å². The van der Waals surface area contributed by atoms with Crippen molar-refractivity contribution in [2.45, 2.75) is 32.0 Å². The van der Waals surface area contributed by atoms with Crippen molar-refractivity contribution in [3.63, 3.8) is 0 Å². The number of likely N-dealkylation sites (N-methyl/N-ethyl adjacent to an activating group) is 1. The lowest BCUT2D eigenvalue weighted by atomic mass is 9.84. The molecule has 0 spiro atoms. The molecule has 86 valence electrons. The molecule has 0 radical (unpaired) electrons. The van der Waals surface area contributed by atoms with E-state index >= 15 is 0 Å². The predicted molar refractivity (Wildman–Crippen MR) is 66.4 cm³/mol. The number of nitrogens with zero attached hydrogens (tertiary/aromatic N) is 1. The number of rotatable bonds is 0. The van der Waals surface area contributed by atoms with E-state index in [1.807, 2.05) is 0 Å². The molecule has 3 atom stereocenters. The van der Waals surface area contributed by atoms with E-state index in [2.05, 4.69) is 48.5 Å². The first-order valence-electron chi connectivity index (χ1n) is 6.27. The molecular weight excluding hydrogens is 196 g/mol. The third-order valence-electron chi connectivity index (χ3n) is 4.23. The summed E-state index contributed by atoms with van der Waals surface area (Å²) in [5, 5.41) is 3.73. The first-order valence-corrected chi connectivity index (χ1v) is 6.27. The summed E-state index contributed by atoms with van der Waals surface area (Å²) in [7, 11) is 2.24. The molecule has 2 heteroatoms. The monoisotopic (exact) mass is 216 g/mol. The molecule has 0 aromatic heterocycles. The maximum Gasteiger partial charge on any atom is 0.0638 e. The fraction of sp³-hybridized carbons (Fsp3) is 0.571. The fourth-order valence-electron chi connectivity index (χ4n) is 3.12. The first-order chi connectivity index (χ1) is 7.74. The van der Waals surface area contributed by atoms with Crippen molar-refractivity contribution in [2.75, 3.05) is 13.6 Å². The number of benzene rings is 1. The van der Waals surface area contributed by atoms with Crippen LogP contribution >= 0.6 is 0 Å². The molecule has 0 amide bonds. The Bertz CT molecular complexity index is 351. The van der Waals surface area contributed by atoms with Crippen molar-refractivity contribution in [2.24, 2.45) is 5.92 Å². The standard InChI is InChI=1S/C14H20N2/c1-10-13-7-11-5-3-4-6-12(11)8-14(15-10)16(2)9-13/h3-6,10,13-15H,7-9H2,1-2H3. The van der Waals surface area contributed by atoms with Crippen LogP contribution in [0.1, 0.15) is 18.1 Å². The van der Waals surface area contributed by atoms with Crippen molar-refractivity contribution in [3.8, 4) is 0 Å². The summed E-state index contributed by atoms with van der Waals surface area (Å²) in [5.74, 6) is 0.752. The van der Waals surface area contributed by atoms with Crippen LogP contribution in [0.4, 0.5) is 0 Å². The molecule has 4 rings (SSSR count). The number of hydrogen-bond acceptors (Lipinski definition) is 2. The van der Waals surface area contributed by atoms with Crippen LogP contribution in [0.15, 0.2) is 24.3 Å². The number of nitrogens with one attached hydrogen (secondary N) is 1. The van der Waals surface area contributed by atoms with Crippen LogP contribution < -0.4 is 5.32 Å². The van der Waals surface area contributed by atoms with Crippen LogP contribution in [0.5, 0.6) is 0 Å². The Morgan fingerprint density at radius 1 is 1.19 bits per heavy atom. The summed E-state index contributed by atoms with van der Waals surface area (Å²) >= 11 is 0. The fourth-order valence-corrected chi connectivity index (χ4v) is 3.12. The maximum atomic E-state index is 3.73. The second kappa shape index (κ2) is 3.86. The minimum absolute atomic E-state index is 0.521. The average molecular weight is 216 g/mol. The van der Waals surface area contributed by atoms with Gasteiger partial charge >= 0.3 is 0 Å². The summed E-state index contributed by atoms with van der Waals surface area (Å²) in [6, 6.07) is 9.58. The van der Waals surface area contributed by atoms with Gasteiger partial charge in [-0.05, 0) is 37.4 Å². The second-order valence-corrected chi connectivity index (χ2v) is 5.35. The highest BCUT2D eigenvalue weighted by Crippen LogP contribution is 2.26. The van der Waals surface area contributed by atoms with Gasteiger partial charge in [-0.1, -0.05) is 24.3 Å². The molecule has 1 aromatic rings. The Balaban J connectivity index is 1.99. The van der Waals surface area contributed by atoms with E-state index < -0.39 is 0 Å². The minimum Gasteiger partial charge on any atom is -0.299 e. The van der Waals surface area contributed by atoms with Crippen LogP contribution in [0, 0.1) is 5.92 Å². The van der Waals surface area contributed by atoms with Crippen molar-refractivity contribution >= 4 is 0 Å². The maximum absolute atomic E-state index is 3.73. The Kier molecular flexibility index (Phi) is 2.49. The lowest BCUT2D eigenvalue weighted by Gasteiger charge is -2.45. The topological polar surface area (TPSA) is 15.3 Å². The van der Waals surface area contributed by atoms with Crippen LogP contribution in [0.25, 0.3) is 0 Å². The normalized spacial score (nSPS) is 34.2. The average Bonchev–Trinajstić information content (AvgIpc) is 2.24. The predicted octanol–water partition coefficient (Wildman–Crippen LogP) is 1.65. The van der Waals surface area contributed by atoms with E-state index in [1.165, 1.54) is 18.5 Å². The Morgan fingerprint density at radius 3 is 2.62 bits per heavy atom. The van der Waals surface area contributed by atoms with Gasteiger partial charge < -0.3 is 0 Å². The lowest BCUT2D eigenvalue weighted by molar-refractivity contribution is 0.0842. The van der Waals surface area contributed by atoms with Crippen LogP contribution in [0.2, 0.25) is 0 Å². The third-order valence-corrected chi connectivity index (χ3v) is 4.23. The molecule has 2 nitrogen and oxygen atoms in total. The molecule has 16 heavy (non-hydrogen) atoms. The molecule has 1 saturated heterocycles. The van der Waals surface area contributed by atoms with Crippen molar-refractivity contribution in [3.05, 3.63) is 35.4 Å². The highest BCUT2D eigenvalue weighted by Gasteiger charge is 2.33. The number of hydrogen-bond donors (Lipinski definition) is 1. The van der Waals surface area contributed by atoms with E-state index in [0.29, 0.717) is 12.2 Å². The largest absolute Gasteiger partial charge is 0.299 e. The second-order valence-electron chi connectivity index (χ2n) is 5.35. The van der Waals surface area contributed by atoms with Gasteiger partial charge in [0.05, 0.1) is 6.17 Å². The summed E-state index contributed by atoms with van der Waals surface area (Å²) < 4.78 is 0. The van der Waals surface area contributed by atoms with Crippen LogP contribution in [-0.4, -0.2) is 30.7 Å². The smallest absolute Gasteiger partial charge is 0.0638 e. The SMILES string of the molecule is CC1NC2Cc3ccccc3CC1CN2C. The quantitative estimate of drug-likeness (QED) is 0.709. The molecule has 1 aromatic carbocycles. The van der Waals surface area contributed by atoms with Gasteiger partial charge in [-0.2, -0.15) is 0 Å². The van der Waals surface area contributed by atoms with E-state index in [1.54, 1.807) is 5.56 Å². The lowest BCUT2D eigenvalue weighted by Crippen LogP contribution is -2.60. The Hall–Kier alpha value is -0.860. The van der Waals surface area contributed by atoms with E-state index in [4.69, 9.17) is 0 Å². The minimum atomic E-state index is 0.521. The van der Waals surface area contributed by atoms with Gasteiger partial charge in [0.1, 0.15) is 0 Å². The summed E-state index contributed by atoms with van der Waals surface area (Å²) in [5.41, 5.74) is 3.10. The van der Waals surface area contributed by atoms with Crippen molar-refractivity contribution in [1.29, 1.82) is 0 Å². The molecule has 0 saturated carbocycles. The first kappa shape index (κ1) is 10.3. The zero-order chi connectivity index (χ0) is 11.1. The molecular formula is C14H20N2. The van der Waals surface area contributed by atoms with Crippen LogP contribution in [-0.2, 0) is 12.8 Å². The molecule has 3 heterocycles. The molecule has 3 unspecified atom stereocenters. The molecule has 1 N–H and O–H groups in total. The summed E-state index contributed by atoms with van der Waals surface area (Å²) in [4.78, 5) is 2.47. The van der Waals surface area contributed by atoms with E-state index in [-0.39, 0.29) is 0 Å². The third kappa shape index (κ3) is 1.66. The van der Waals surface area contributed by atoms with E-state index in [0.717, 1.165) is 12.3 Å². The molecule has 3 aliphatic rings. The number of fused-ring (bicyclic) bond motifs is 2. The van der Waals surface area contributed by atoms with Crippen LogP contribution in [0.3, 0.4) is 0 Å². The highest BCUT2D eigenvalue weighted by molar-refractivity contribution is 5.30. The van der Waals surface area contributed by atoms with E-state index in [9.17, 15) is 0 Å².